The van der Waals surface area contributed by atoms with E-state index < -0.39 is 0 Å². The van der Waals surface area contributed by atoms with Crippen molar-refractivity contribution in [2.24, 2.45) is 5.92 Å². The molecule has 2 heterocycles. The Morgan fingerprint density at radius 1 is 1.23 bits per heavy atom. The number of halogens is 1. The molecule has 0 N–H and O–H groups in total. The van der Waals surface area contributed by atoms with Gasteiger partial charge in [-0.2, -0.15) is 0 Å². The summed E-state index contributed by atoms with van der Waals surface area (Å²) in [6.45, 7) is 7.85. The van der Waals surface area contributed by atoms with Crippen LogP contribution in [-0.4, -0.2) is 69.3 Å². The van der Waals surface area contributed by atoms with Gasteiger partial charge in [0.05, 0.1) is 13.2 Å². The lowest BCUT2D eigenvalue weighted by Gasteiger charge is -2.28. The van der Waals surface area contributed by atoms with Crippen molar-refractivity contribution < 1.29 is 23.1 Å². The second-order valence-corrected chi connectivity index (χ2v) is 8.33. The highest BCUT2D eigenvalue weighted by Gasteiger charge is 2.36. The minimum atomic E-state index is -0.237. The van der Waals surface area contributed by atoms with E-state index in [9.17, 15) is 9.18 Å². The van der Waals surface area contributed by atoms with E-state index >= 15 is 0 Å². The largest absolute Gasteiger partial charge is 0.465 e. The van der Waals surface area contributed by atoms with Gasteiger partial charge in [0, 0.05) is 46.3 Å². The quantitative estimate of drug-likeness (QED) is 0.576. The molecule has 7 heteroatoms. The zero-order valence-corrected chi connectivity index (χ0v) is 18.9. The van der Waals surface area contributed by atoms with Crippen molar-refractivity contribution >= 4 is 5.91 Å². The second kappa shape index (κ2) is 10.9. The maximum absolute atomic E-state index is 14.0. The van der Waals surface area contributed by atoms with Crippen LogP contribution in [0.25, 0.3) is 0 Å². The molecular formula is C24H33FN2O4. The molecule has 0 bridgehead atoms. The smallest absolute Gasteiger partial charge is 0.248 e. The highest BCUT2D eigenvalue weighted by atomic mass is 19.1. The van der Waals surface area contributed by atoms with E-state index in [1.807, 2.05) is 19.9 Å². The minimum Gasteiger partial charge on any atom is -0.465 e. The summed E-state index contributed by atoms with van der Waals surface area (Å²) in [6.07, 6.45) is 0. The molecule has 2 atom stereocenters. The topological polar surface area (TPSA) is 55.2 Å². The zero-order chi connectivity index (χ0) is 22.4. The fraction of sp³-hybridized carbons (Fsp3) is 0.542. The maximum Gasteiger partial charge on any atom is 0.248 e. The molecule has 0 aliphatic carbocycles. The average Bonchev–Trinajstić information content (AvgIpc) is 3.27. The SMILES string of the molecule is COCCN(C[C@@H]1CN(Cc2cc(C)c(C)o2)C[C@@H]1c1cccc(F)c1)C(=O)COC. The molecule has 1 saturated heterocycles. The predicted octanol–water partition coefficient (Wildman–Crippen LogP) is 3.37. The second-order valence-electron chi connectivity index (χ2n) is 8.33. The first kappa shape index (κ1) is 23.4. The number of hydrogen-bond donors (Lipinski definition) is 0. The van der Waals surface area contributed by atoms with Crippen molar-refractivity contribution in [2.75, 3.05) is 53.6 Å². The molecule has 0 saturated carbocycles. The zero-order valence-electron chi connectivity index (χ0n) is 18.9. The Kier molecular flexibility index (Phi) is 8.23. The minimum absolute atomic E-state index is 0.0374. The Bertz CT molecular complexity index is 850. The lowest BCUT2D eigenvalue weighted by atomic mass is 9.88. The summed E-state index contributed by atoms with van der Waals surface area (Å²) in [5, 5.41) is 0. The van der Waals surface area contributed by atoms with Crippen LogP contribution in [0.1, 0.15) is 28.6 Å². The third kappa shape index (κ3) is 6.15. The van der Waals surface area contributed by atoms with Crippen molar-refractivity contribution in [1.82, 2.24) is 9.80 Å². The molecule has 1 fully saturated rings. The number of benzene rings is 1. The number of ether oxygens (including phenoxy) is 2. The van der Waals surface area contributed by atoms with Crippen LogP contribution in [0, 0.1) is 25.6 Å². The van der Waals surface area contributed by atoms with Crippen molar-refractivity contribution in [3.05, 3.63) is 58.8 Å². The number of carbonyl (C=O) groups excluding carboxylic acids is 1. The number of likely N-dealkylation sites (tertiary alicyclic amines) is 1. The number of methoxy groups -OCH3 is 2. The van der Waals surface area contributed by atoms with Crippen molar-refractivity contribution in [2.45, 2.75) is 26.3 Å². The highest BCUT2D eigenvalue weighted by molar-refractivity contribution is 5.77. The Morgan fingerprint density at radius 3 is 2.68 bits per heavy atom. The highest BCUT2D eigenvalue weighted by Crippen LogP contribution is 2.35. The fourth-order valence-corrected chi connectivity index (χ4v) is 4.35. The van der Waals surface area contributed by atoms with Crippen LogP contribution in [0.2, 0.25) is 0 Å². The Morgan fingerprint density at radius 2 is 2.03 bits per heavy atom. The summed E-state index contributed by atoms with van der Waals surface area (Å²) in [5.41, 5.74) is 2.11. The van der Waals surface area contributed by atoms with Crippen LogP contribution in [0.5, 0.6) is 0 Å². The molecule has 0 radical (unpaired) electrons. The molecular weight excluding hydrogens is 399 g/mol. The molecule has 3 rings (SSSR count). The van der Waals surface area contributed by atoms with Crippen molar-refractivity contribution in [3.63, 3.8) is 0 Å². The standard InChI is InChI=1S/C24H33FN2O4/c1-17-10-22(31-18(17)2)14-26-12-20(13-27(8-9-29-3)24(28)16-30-4)23(15-26)19-6-5-7-21(25)11-19/h5-7,10-11,20,23H,8-9,12-16H2,1-4H3/t20-,23+/m0/s1. The fourth-order valence-electron chi connectivity index (χ4n) is 4.35. The van der Waals surface area contributed by atoms with E-state index in [2.05, 4.69) is 11.0 Å². The van der Waals surface area contributed by atoms with E-state index in [1.54, 1.807) is 24.1 Å². The number of furan rings is 1. The van der Waals surface area contributed by atoms with Crippen LogP contribution >= 0.6 is 0 Å². The Labute approximate surface area is 183 Å². The van der Waals surface area contributed by atoms with Crippen LogP contribution in [-0.2, 0) is 20.8 Å². The molecule has 1 aliphatic rings. The lowest BCUT2D eigenvalue weighted by Crippen LogP contribution is -2.41. The van der Waals surface area contributed by atoms with E-state index in [-0.39, 0.29) is 30.2 Å². The lowest BCUT2D eigenvalue weighted by molar-refractivity contribution is -0.136. The number of amides is 1. The van der Waals surface area contributed by atoms with Crippen LogP contribution in [0.3, 0.4) is 0 Å². The van der Waals surface area contributed by atoms with Gasteiger partial charge in [-0.25, -0.2) is 4.39 Å². The molecule has 170 valence electrons. The van der Waals surface area contributed by atoms with Gasteiger partial charge in [-0.3, -0.25) is 9.69 Å². The summed E-state index contributed by atoms with van der Waals surface area (Å²) in [5.74, 6) is 1.85. The molecule has 31 heavy (non-hydrogen) atoms. The molecule has 2 aromatic rings. The summed E-state index contributed by atoms with van der Waals surface area (Å²) in [6, 6.07) is 8.88. The van der Waals surface area contributed by atoms with E-state index in [1.165, 1.54) is 13.2 Å². The van der Waals surface area contributed by atoms with Gasteiger partial charge < -0.3 is 18.8 Å². The summed E-state index contributed by atoms with van der Waals surface area (Å²) >= 11 is 0. The number of carbonyl (C=O) groups is 1. The van der Waals surface area contributed by atoms with Gasteiger partial charge in [-0.1, -0.05) is 12.1 Å². The predicted molar refractivity (Wildman–Crippen MR) is 116 cm³/mol. The van der Waals surface area contributed by atoms with Crippen molar-refractivity contribution in [3.8, 4) is 0 Å². The van der Waals surface area contributed by atoms with Crippen LogP contribution in [0.4, 0.5) is 4.39 Å². The normalized spacial score (nSPS) is 19.1. The number of nitrogens with zero attached hydrogens (tertiary/aromatic N) is 2. The third-order valence-corrected chi connectivity index (χ3v) is 6.03. The molecule has 1 aromatic carbocycles. The number of rotatable bonds is 10. The molecule has 0 spiro atoms. The first-order chi connectivity index (χ1) is 14.9. The summed E-state index contributed by atoms with van der Waals surface area (Å²) in [4.78, 5) is 16.7. The summed E-state index contributed by atoms with van der Waals surface area (Å²) < 4.78 is 30.1. The van der Waals surface area contributed by atoms with Gasteiger partial charge >= 0.3 is 0 Å². The summed E-state index contributed by atoms with van der Waals surface area (Å²) in [7, 11) is 3.14. The molecule has 0 unspecified atom stereocenters. The van der Waals surface area contributed by atoms with E-state index in [4.69, 9.17) is 13.9 Å². The molecule has 1 aromatic heterocycles. The number of hydrogen-bond acceptors (Lipinski definition) is 5. The van der Waals surface area contributed by atoms with Gasteiger partial charge in [0.1, 0.15) is 23.9 Å². The Hall–Kier alpha value is -2.22. The van der Waals surface area contributed by atoms with E-state index in [0.717, 1.165) is 35.7 Å². The maximum atomic E-state index is 14.0. The van der Waals surface area contributed by atoms with Gasteiger partial charge in [0.25, 0.3) is 0 Å². The number of aryl methyl sites for hydroxylation is 2. The van der Waals surface area contributed by atoms with Gasteiger partial charge in [-0.05, 0) is 49.1 Å². The molecule has 1 amide bonds. The molecule has 6 nitrogen and oxygen atoms in total. The monoisotopic (exact) mass is 432 g/mol. The van der Waals surface area contributed by atoms with Gasteiger partial charge in [0.2, 0.25) is 5.91 Å². The van der Waals surface area contributed by atoms with Crippen LogP contribution < -0.4 is 0 Å². The average molecular weight is 433 g/mol. The van der Waals surface area contributed by atoms with Crippen LogP contribution in [0.15, 0.2) is 34.7 Å². The first-order valence-electron chi connectivity index (χ1n) is 10.7. The third-order valence-electron chi connectivity index (χ3n) is 6.03. The Balaban J connectivity index is 1.79. The van der Waals surface area contributed by atoms with Gasteiger partial charge in [0.15, 0.2) is 0 Å². The van der Waals surface area contributed by atoms with Crippen molar-refractivity contribution in [1.29, 1.82) is 0 Å². The van der Waals surface area contributed by atoms with Gasteiger partial charge in [-0.15, -0.1) is 0 Å². The molecule has 1 aliphatic heterocycles. The van der Waals surface area contributed by atoms with E-state index in [0.29, 0.717) is 26.2 Å². The first-order valence-corrected chi connectivity index (χ1v) is 10.7.